The van der Waals surface area contributed by atoms with Crippen LogP contribution in [0.2, 0.25) is 0 Å². The number of nitrogens with one attached hydrogen (secondary N) is 1. The summed E-state index contributed by atoms with van der Waals surface area (Å²) in [5, 5.41) is 0. The van der Waals surface area contributed by atoms with E-state index in [2.05, 4.69) is 90.4 Å². The molecule has 0 heterocycles. The van der Waals surface area contributed by atoms with Crippen LogP contribution in [0, 0.1) is 0 Å². The average Bonchev–Trinajstić information content (AvgIpc) is 3.12. The highest BCUT2D eigenvalue weighted by atomic mass is 15.2. The average molecular weight is 348 g/mol. The highest BCUT2D eigenvalue weighted by Crippen LogP contribution is 2.48. The molecular weight excluding hydrogens is 328 g/mol. The van der Waals surface area contributed by atoms with Crippen LogP contribution < -0.4 is 11.3 Å². The van der Waals surface area contributed by atoms with Crippen molar-refractivity contribution in [3.8, 4) is 33.4 Å². The molecule has 0 radical (unpaired) electrons. The van der Waals surface area contributed by atoms with Gasteiger partial charge in [-0.05, 0) is 45.9 Å². The SMILES string of the molecule is NNc1c(-c2ccccc2)cc2c(c1-c1ccccc1)Cc1ccccc1-2. The number of benzene rings is 4. The van der Waals surface area contributed by atoms with E-state index in [0.717, 1.165) is 23.2 Å². The number of fused-ring (bicyclic) bond motifs is 3. The van der Waals surface area contributed by atoms with E-state index in [0.29, 0.717) is 0 Å². The fourth-order valence-corrected chi connectivity index (χ4v) is 4.19. The van der Waals surface area contributed by atoms with Crippen LogP contribution in [0.25, 0.3) is 33.4 Å². The summed E-state index contributed by atoms with van der Waals surface area (Å²) in [5.74, 6) is 6.08. The van der Waals surface area contributed by atoms with Gasteiger partial charge in [-0.2, -0.15) is 0 Å². The molecule has 0 aromatic heterocycles. The van der Waals surface area contributed by atoms with Crippen LogP contribution in [0.4, 0.5) is 5.69 Å². The number of rotatable bonds is 3. The number of hydrogen-bond donors (Lipinski definition) is 2. The number of anilines is 1. The van der Waals surface area contributed by atoms with Gasteiger partial charge in [-0.15, -0.1) is 0 Å². The standard InChI is InChI=1S/C25H20N2/c26-27-25-21(17-9-3-1-4-10-17)16-22-20-14-8-7-13-19(20)15-23(22)24(25)18-11-5-2-6-12-18/h1-14,16,27H,15,26H2. The second kappa shape index (κ2) is 6.42. The Morgan fingerprint density at radius 2 is 1.26 bits per heavy atom. The first kappa shape index (κ1) is 15.9. The van der Waals surface area contributed by atoms with Crippen LogP contribution >= 0.6 is 0 Å². The Kier molecular flexibility index (Phi) is 3.77. The van der Waals surface area contributed by atoms with Gasteiger partial charge in [-0.1, -0.05) is 84.9 Å². The lowest BCUT2D eigenvalue weighted by Gasteiger charge is -2.20. The number of nitrogens with two attached hydrogens (primary N) is 1. The van der Waals surface area contributed by atoms with Gasteiger partial charge in [0.1, 0.15) is 0 Å². The molecule has 0 spiro atoms. The van der Waals surface area contributed by atoms with Crippen LogP contribution in [0.1, 0.15) is 11.1 Å². The molecule has 130 valence electrons. The van der Waals surface area contributed by atoms with E-state index < -0.39 is 0 Å². The maximum atomic E-state index is 6.08. The molecule has 3 N–H and O–H groups in total. The highest BCUT2D eigenvalue weighted by molar-refractivity contribution is 5.99. The quantitative estimate of drug-likeness (QED) is 0.316. The predicted octanol–water partition coefficient (Wildman–Crippen LogP) is 5.88. The van der Waals surface area contributed by atoms with Crippen LogP contribution in [-0.4, -0.2) is 0 Å². The minimum atomic E-state index is 0.930. The zero-order valence-electron chi connectivity index (χ0n) is 14.9. The van der Waals surface area contributed by atoms with Gasteiger partial charge in [0.25, 0.3) is 0 Å². The van der Waals surface area contributed by atoms with Gasteiger partial charge in [0.2, 0.25) is 0 Å². The molecule has 0 saturated carbocycles. The van der Waals surface area contributed by atoms with E-state index >= 15 is 0 Å². The molecule has 1 aliphatic carbocycles. The predicted molar refractivity (Wildman–Crippen MR) is 113 cm³/mol. The lowest BCUT2D eigenvalue weighted by Crippen LogP contribution is -2.11. The van der Waals surface area contributed by atoms with Crippen molar-refractivity contribution in [3.63, 3.8) is 0 Å². The Bertz CT molecular complexity index is 1120. The topological polar surface area (TPSA) is 38.0 Å². The first-order valence-electron chi connectivity index (χ1n) is 9.22. The normalized spacial score (nSPS) is 11.7. The Morgan fingerprint density at radius 3 is 1.96 bits per heavy atom. The van der Waals surface area contributed by atoms with Crippen molar-refractivity contribution in [2.24, 2.45) is 5.84 Å². The third kappa shape index (κ3) is 2.54. The van der Waals surface area contributed by atoms with Gasteiger partial charge in [0.15, 0.2) is 0 Å². The minimum absolute atomic E-state index is 0.930. The Balaban J connectivity index is 1.87. The maximum Gasteiger partial charge on any atom is 0.0645 e. The van der Waals surface area contributed by atoms with Gasteiger partial charge in [-0.3, -0.25) is 5.84 Å². The van der Waals surface area contributed by atoms with Crippen molar-refractivity contribution in [2.75, 3.05) is 5.43 Å². The van der Waals surface area contributed by atoms with E-state index in [1.54, 1.807) is 0 Å². The van der Waals surface area contributed by atoms with Crippen molar-refractivity contribution >= 4 is 5.69 Å². The molecule has 4 aromatic carbocycles. The molecular formula is C25H20N2. The molecule has 0 unspecified atom stereocenters. The largest absolute Gasteiger partial charge is 0.323 e. The molecule has 0 amide bonds. The maximum absolute atomic E-state index is 6.08. The molecule has 1 aliphatic rings. The van der Waals surface area contributed by atoms with E-state index in [1.165, 1.54) is 33.4 Å². The zero-order chi connectivity index (χ0) is 18.2. The summed E-state index contributed by atoms with van der Waals surface area (Å²) in [4.78, 5) is 0. The summed E-state index contributed by atoms with van der Waals surface area (Å²) < 4.78 is 0. The molecule has 0 saturated heterocycles. The molecule has 0 fully saturated rings. The van der Waals surface area contributed by atoms with Gasteiger partial charge in [0.05, 0.1) is 5.69 Å². The molecule has 0 aliphatic heterocycles. The second-order valence-corrected chi connectivity index (χ2v) is 6.91. The molecule has 2 heteroatoms. The monoisotopic (exact) mass is 348 g/mol. The molecule has 27 heavy (non-hydrogen) atoms. The van der Waals surface area contributed by atoms with Crippen molar-refractivity contribution in [1.29, 1.82) is 0 Å². The lowest BCUT2D eigenvalue weighted by molar-refractivity contribution is 1.25. The van der Waals surface area contributed by atoms with Gasteiger partial charge in [-0.25, -0.2) is 0 Å². The number of hydrogen-bond acceptors (Lipinski definition) is 2. The van der Waals surface area contributed by atoms with Gasteiger partial charge < -0.3 is 5.43 Å². The van der Waals surface area contributed by atoms with Crippen LogP contribution in [0.5, 0.6) is 0 Å². The van der Waals surface area contributed by atoms with Crippen molar-refractivity contribution in [3.05, 3.63) is 102 Å². The van der Waals surface area contributed by atoms with E-state index in [9.17, 15) is 0 Å². The second-order valence-electron chi connectivity index (χ2n) is 6.91. The van der Waals surface area contributed by atoms with Crippen LogP contribution in [0.3, 0.4) is 0 Å². The summed E-state index contributed by atoms with van der Waals surface area (Å²) in [6.07, 6.45) is 0.930. The fraction of sp³-hybridized carbons (Fsp3) is 0.0400. The van der Waals surface area contributed by atoms with E-state index in [4.69, 9.17) is 5.84 Å². The van der Waals surface area contributed by atoms with E-state index in [-0.39, 0.29) is 0 Å². The smallest absolute Gasteiger partial charge is 0.0645 e. The third-order valence-corrected chi connectivity index (χ3v) is 5.40. The Hall–Kier alpha value is -3.36. The van der Waals surface area contributed by atoms with E-state index in [1.807, 2.05) is 6.07 Å². The number of hydrazine groups is 1. The third-order valence-electron chi connectivity index (χ3n) is 5.40. The van der Waals surface area contributed by atoms with Gasteiger partial charge >= 0.3 is 0 Å². The summed E-state index contributed by atoms with van der Waals surface area (Å²) in [6, 6.07) is 32.0. The molecule has 5 rings (SSSR count). The summed E-state index contributed by atoms with van der Waals surface area (Å²) >= 11 is 0. The molecule has 0 atom stereocenters. The Labute approximate surface area is 159 Å². The van der Waals surface area contributed by atoms with Crippen molar-refractivity contribution in [2.45, 2.75) is 6.42 Å². The lowest BCUT2D eigenvalue weighted by atomic mass is 9.88. The van der Waals surface area contributed by atoms with Crippen molar-refractivity contribution in [1.82, 2.24) is 0 Å². The fourth-order valence-electron chi connectivity index (χ4n) is 4.19. The first-order chi connectivity index (χ1) is 13.4. The van der Waals surface area contributed by atoms with Gasteiger partial charge in [0, 0.05) is 11.1 Å². The summed E-state index contributed by atoms with van der Waals surface area (Å²) in [6.45, 7) is 0. The Morgan fingerprint density at radius 1 is 0.630 bits per heavy atom. The number of nitrogen functional groups attached to an aromatic ring is 1. The molecule has 4 aromatic rings. The highest BCUT2D eigenvalue weighted by Gasteiger charge is 2.26. The molecule has 0 bridgehead atoms. The molecule has 2 nitrogen and oxygen atoms in total. The first-order valence-corrected chi connectivity index (χ1v) is 9.22. The van der Waals surface area contributed by atoms with Crippen LogP contribution in [0.15, 0.2) is 91.0 Å². The summed E-state index contributed by atoms with van der Waals surface area (Å²) in [5.41, 5.74) is 14.0. The minimum Gasteiger partial charge on any atom is -0.323 e. The van der Waals surface area contributed by atoms with Crippen molar-refractivity contribution < 1.29 is 0 Å². The zero-order valence-corrected chi connectivity index (χ0v) is 14.9. The summed E-state index contributed by atoms with van der Waals surface area (Å²) in [7, 11) is 0. The van der Waals surface area contributed by atoms with Crippen LogP contribution in [-0.2, 0) is 6.42 Å².